The summed E-state index contributed by atoms with van der Waals surface area (Å²) in [5, 5.41) is 11.9. The fraction of sp³-hybridized carbons (Fsp3) is 0.188. The summed E-state index contributed by atoms with van der Waals surface area (Å²) in [5.74, 6) is -1.18. The Hall–Kier alpha value is -2.38. The lowest BCUT2D eigenvalue weighted by atomic mass is 10.2. The maximum absolute atomic E-state index is 12.3. The zero-order chi connectivity index (χ0) is 16.9. The molecule has 0 aliphatic rings. The van der Waals surface area contributed by atoms with E-state index in [9.17, 15) is 13.2 Å². The first-order valence-electron chi connectivity index (χ1n) is 7.03. The lowest BCUT2D eigenvalue weighted by Crippen LogP contribution is -2.26. The lowest BCUT2D eigenvalue weighted by molar-refractivity contribution is 0.0697. The molecule has 0 saturated heterocycles. The maximum atomic E-state index is 12.3. The number of carbonyl (C=O) groups is 1. The molecule has 0 heterocycles. The van der Waals surface area contributed by atoms with Gasteiger partial charge in [-0.25, -0.2) is 17.9 Å². The van der Waals surface area contributed by atoms with Crippen LogP contribution in [0.4, 0.5) is 5.69 Å². The summed E-state index contributed by atoms with van der Waals surface area (Å²) in [5.41, 5.74) is 1.30. The van der Waals surface area contributed by atoms with Crippen molar-refractivity contribution in [2.45, 2.75) is 11.3 Å². The normalized spacial score (nSPS) is 11.2. The van der Waals surface area contributed by atoms with E-state index in [2.05, 4.69) is 10.0 Å². The standard InChI is InChI=1S/C16H18N2O4S/c1-17-15-8-7-13(11-14(15)16(19)20)23(21,22)18-10-9-12-5-3-2-4-6-12/h2-8,11,17-18H,9-10H2,1H3,(H,19,20). The molecule has 0 unspecified atom stereocenters. The molecule has 0 bridgehead atoms. The van der Waals surface area contributed by atoms with Crippen molar-refractivity contribution in [2.24, 2.45) is 0 Å². The van der Waals surface area contributed by atoms with Gasteiger partial charge in [0.05, 0.1) is 10.5 Å². The van der Waals surface area contributed by atoms with Gasteiger partial charge in [-0.1, -0.05) is 30.3 Å². The number of aromatic carboxylic acids is 1. The van der Waals surface area contributed by atoms with Gasteiger partial charge in [0.25, 0.3) is 0 Å². The monoisotopic (exact) mass is 334 g/mol. The van der Waals surface area contributed by atoms with Crippen molar-refractivity contribution in [3.63, 3.8) is 0 Å². The van der Waals surface area contributed by atoms with Crippen LogP contribution < -0.4 is 10.0 Å². The predicted octanol–water partition coefficient (Wildman–Crippen LogP) is 1.95. The molecule has 7 heteroatoms. The smallest absolute Gasteiger partial charge is 0.337 e. The van der Waals surface area contributed by atoms with E-state index in [-0.39, 0.29) is 17.0 Å². The molecule has 3 N–H and O–H groups in total. The van der Waals surface area contributed by atoms with E-state index < -0.39 is 16.0 Å². The summed E-state index contributed by atoms with van der Waals surface area (Å²) in [6.07, 6.45) is 0.556. The van der Waals surface area contributed by atoms with Crippen molar-refractivity contribution >= 4 is 21.7 Å². The minimum Gasteiger partial charge on any atom is -0.478 e. The fourth-order valence-electron chi connectivity index (χ4n) is 2.14. The van der Waals surface area contributed by atoms with Gasteiger partial charge in [0.2, 0.25) is 10.0 Å². The van der Waals surface area contributed by atoms with E-state index in [1.54, 1.807) is 7.05 Å². The third kappa shape index (κ3) is 4.30. The second kappa shape index (κ2) is 7.26. The topological polar surface area (TPSA) is 95.5 Å². The molecule has 2 aromatic rings. The largest absolute Gasteiger partial charge is 0.478 e. The Kier molecular flexibility index (Phi) is 5.36. The highest BCUT2D eigenvalue weighted by atomic mass is 32.2. The van der Waals surface area contributed by atoms with Crippen LogP contribution in [0.5, 0.6) is 0 Å². The minimum absolute atomic E-state index is 0.0676. The first-order valence-corrected chi connectivity index (χ1v) is 8.51. The van der Waals surface area contributed by atoms with Gasteiger partial charge in [-0.2, -0.15) is 0 Å². The first-order chi connectivity index (χ1) is 10.9. The molecule has 2 aromatic carbocycles. The average molecular weight is 334 g/mol. The summed E-state index contributed by atoms with van der Waals surface area (Å²) in [6, 6.07) is 13.5. The third-order valence-electron chi connectivity index (χ3n) is 3.35. The third-order valence-corrected chi connectivity index (χ3v) is 4.81. The van der Waals surface area contributed by atoms with Crippen LogP contribution in [0.15, 0.2) is 53.4 Å². The Balaban J connectivity index is 2.13. The number of carboxylic acid groups (broad SMARTS) is 1. The summed E-state index contributed by atoms with van der Waals surface area (Å²) in [7, 11) is -2.18. The Morgan fingerprint density at radius 1 is 1.13 bits per heavy atom. The molecule has 0 aliphatic carbocycles. The highest BCUT2D eigenvalue weighted by Crippen LogP contribution is 2.20. The Morgan fingerprint density at radius 3 is 2.43 bits per heavy atom. The molecule has 0 spiro atoms. The van der Waals surface area contributed by atoms with Crippen molar-refractivity contribution in [1.29, 1.82) is 0 Å². The molecule has 0 fully saturated rings. The lowest BCUT2D eigenvalue weighted by Gasteiger charge is -2.10. The zero-order valence-electron chi connectivity index (χ0n) is 12.6. The van der Waals surface area contributed by atoms with Crippen LogP contribution in [0.1, 0.15) is 15.9 Å². The first kappa shape index (κ1) is 17.0. The molecule has 0 aliphatic heterocycles. The fourth-order valence-corrected chi connectivity index (χ4v) is 3.20. The summed E-state index contributed by atoms with van der Waals surface area (Å²) < 4.78 is 27.0. The van der Waals surface area contributed by atoms with Gasteiger partial charge in [-0.3, -0.25) is 0 Å². The highest BCUT2D eigenvalue weighted by Gasteiger charge is 2.18. The molecule has 122 valence electrons. The molecule has 0 amide bonds. The van der Waals surface area contributed by atoms with Gasteiger partial charge < -0.3 is 10.4 Å². The molecular formula is C16H18N2O4S. The zero-order valence-corrected chi connectivity index (χ0v) is 13.4. The van der Waals surface area contributed by atoms with Gasteiger partial charge in [-0.15, -0.1) is 0 Å². The van der Waals surface area contributed by atoms with Crippen LogP contribution in [0.2, 0.25) is 0 Å². The van der Waals surface area contributed by atoms with Crippen LogP contribution in [0, 0.1) is 0 Å². The van der Waals surface area contributed by atoms with E-state index in [1.165, 1.54) is 12.1 Å². The molecule has 0 atom stereocenters. The number of benzene rings is 2. The summed E-state index contributed by atoms with van der Waals surface area (Å²) in [4.78, 5) is 11.1. The van der Waals surface area contributed by atoms with Crippen LogP contribution in [0.25, 0.3) is 0 Å². The van der Waals surface area contributed by atoms with Gasteiger partial charge >= 0.3 is 5.97 Å². The number of sulfonamides is 1. The van der Waals surface area contributed by atoms with Gasteiger partial charge in [0, 0.05) is 19.3 Å². The van der Waals surface area contributed by atoms with E-state index in [0.717, 1.165) is 11.6 Å². The number of anilines is 1. The van der Waals surface area contributed by atoms with Crippen LogP contribution >= 0.6 is 0 Å². The second-order valence-corrected chi connectivity index (χ2v) is 6.66. The maximum Gasteiger partial charge on any atom is 0.337 e. The Labute approximate surface area is 135 Å². The number of hydrogen-bond acceptors (Lipinski definition) is 4. The number of hydrogen-bond donors (Lipinski definition) is 3. The van der Waals surface area contributed by atoms with Crippen LogP contribution in [-0.4, -0.2) is 33.1 Å². The Bertz CT molecular complexity index is 789. The van der Waals surface area contributed by atoms with E-state index in [1.807, 2.05) is 30.3 Å². The highest BCUT2D eigenvalue weighted by molar-refractivity contribution is 7.89. The van der Waals surface area contributed by atoms with Gasteiger partial charge in [0.1, 0.15) is 0 Å². The quantitative estimate of drug-likeness (QED) is 0.719. The second-order valence-electron chi connectivity index (χ2n) is 4.90. The number of carboxylic acids is 1. The van der Waals surface area contributed by atoms with E-state index in [0.29, 0.717) is 12.1 Å². The minimum atomic E-state index is -3.75. The SMILES string of the molecule is CNc1ccc(S(=O)(=O)NCCc2ccccc2)cc1C(=O)O. The molecule has 2 rings (SSSR count). The molecule has 0 radical (unpaired) electrons. The van der Waals surface area contributed by atoms with Crippen molar-refractivity contribution in [2.75, 3.05) is 18.9 Å². The van der Waals surface area contributed by atoms with Crippen molar-refractivity contribution in [3.8, 4) is 0 Å². The molecule has 6 nitrogen and oxygen atoms in total. The molecular weight excluding hydrogens is 316 g/mol. The van der Waals surface area contributed by atoms with Gasteiger partial charge in [-0.05, 0) is 30.2 Å². The number of rotatable bonds is 7. The molecule has 0 saturated carbocycles. The number of nitrogens with one attached hydrogen (secondary N) is 2. The van der Waals surface area contributed by atoms with E-state index >= 15 is 0 Å². The van der Waals surface area contributed by atoms with Crippen molar-refractivity contribution < 1.29 is 18.3 Å². The molecule has 0 aromatic heterocycles. The summed E-state index contributed by atoms with van der Waals surface area (Å²) >= 11 is 0. The average Bonchev–Trinajstić information content (AvgIpc) is 2.55. The van der Waals surface area contributed by atoms with Gasteiger partial charge in [0.15, 0.2) is 0 Å². The molecule has 23 heavy (non-hydrogen) atoms. The predicted molar refractivity (Wildman–Crippen MR) is 88.3 cm³/mol. The van der Waals surface area contributed by atoms with E-state index in [4.69, 9.17) is 5.11 Å². The van der Waals surface area contributed by atoms with Crippen molar-refractivity contribution in [3.05, 3.63) is 59.7 Å². The van der Waals surface area contributed by atoms with Crippen molar-refractivity contribution in [1.82, 2.24) is 4.72 Å². The Morgan fingerprint density at radius 2 is 1.83 bits per heavy atom. The van der Waals surface area contributed by atoms with Crippen LogP contribution in [-0.2, 0) is 16.4 Å². The summed E-state index contributed by atoms with van der Waals surface area (Å²) in [6.45, 7) is 0.239. The van der Waals surface area contributed by atoms with Crippen LogP contribution in [0.3, 0.4) is 0 Å².